The Kier molecular flexibility index (Phi) is 8.70. The van der Waals surface area contributed by atoms with E-state index < -0.39 is 54.0 Å². The molecule has 5 atom stereocenters. The van der Waals surface area contributed by atoms with Gasteiger partial charge in [0.05, 0.1) is 6.10 Å². The highest BCUT2D eigenvalue weighted by molar-refractivity contribution is 5.95. The van der Waals surface area contributed by atoms with Gasteiger partial charge >= 0.3 is 5.97 Å². The number of aliphatic hydroxyl groups is 1. The molecule has 7 N–H and O–H groups in total. The number of aliphatic hydroxyl groups excluding tert-OH is 1. The summed E-state index contributed by atoms with van der Waals surface area (Å²) in [5.41, 5.74) is 7.33. The second-order valence-corrected chi connectivity index (χ2v) is 9.65. The number of nitrogens with two attached hydrogens (primary N) is 1. The summed E-state index contributed by atoms with van der Waals surface area (Å²) in [6, 6.07) is 3.31. The topological polar surface area (TPSA) is 178 Å². The Morgan fingerprint density at radius 1 is 1.17 bits per heavy atom. The fraction of sp³-hybridized carbons (Fsp3) is 0.520. The third-order valence-corrected chi connectivity index (χ3v) is 6.61. The molecule has 1 fully saturated rings. The molecule has 0 radical (unpaired) electrons. The van der Waals surface area contributed by atoms with Crippen molar-refractivity contribution in [3.8, 4) is 0 Å². The largest absolute Gasteiger partial charge is 0.480 e. The molecule has 3 rings (SSSR count). The molecule has 0 saturated carbocycles. The number of aromatic amines is 1. The zero-order valence-corrected chi connectivity index (χ0v) is 20.7. The van der Waals surface area contributed by atoms with Crippen LogP contribution in [0.3, 0.4) is 0 Å². The molecule has 0 aliphatic carbocycles. The Morgan fingerprint density at radius 3 is 2.50 bits per heavy atom. The van der Waals surface area contributed by atoms with Gasteiger partial charge < -0.3 is 36.5 Å². The lowest BCUT2D eigenvalue weighted by molar-refractivity contribution is -0.145. The van der Waals surface area contributed by atoms with Crippen LogP contribution in [-0.4, -0.2) is 80.6 Å². The number of nitrogens with one attached hydrogen (secondary N) is 3. The van der Waals surface area contributed by atoms with Crippen molar-refractivity contribution < 1.29 is 29.4 Å². The minimum absolute atomic E-state index is 0.0770. The fourth-order valence-corrected chi connectivity index (χ4v) is 4.45. The van der Waals surface area contributed by atoms with Gasteiger partial charge in [-0.05, 0) is 37.3 Å². The predicted octanol–water partition coefficient (Wildman–Crippen LogP) is 0.120. The summed E-state index contributed by atoms with van der Waals surface area (Å²) >= 11 is 0. The molecular weight excluding hydrogens is 466 g/mol. The number of hydrogen-bond acceptors (Lipinski definition) is 6. The number of rotatable bonds is 10. The number of hydrogen-bond donors (Lipinski definition) is 6. The van der Waals surface area contributed by atoms with Gasteiger partial charge in [0.15, 0.2) is 0 Å². The van der Waals surface area contributed by atoms with E-state index in [1.807, 2.05) is 24.3 Å². The van der Waals surface area contributed by atoms with Gasteiger partial charge in [-0.1, -0.05) is 32.0 Å². The molecular formula is C25H35N5O6. The molecule has 36 heavy (non-hydrogen) atoms. The third kappa shape index (κ3) is 6.03. The summed E-state index contributed by atoms with van der Waals surface area (Å²) < 4.78 is 0. The van der Waals surface area contributed by atoms with Crippen LogP contribution < -0.4 is 16.4 Å². The van der Waals surface area contributed by atoms with E-state index in [0.717, 1.165) is 16.5 Å². The van der Waals surface area contributed by atoms with Gasteiger partial charge in [-0.25, -0.2) is 4.79 Å². The molecule has 5 unspecified atom stereocenters. The van der Waals surface area contributed by atoms with Crippen LogP contribution in [0, 0.1) is 5.92 Å². The molecule has 1 aromatic carbocycles. The number of carbonyl (C=O) groups is 4. The number of aliphatic carboxylic acids is 1. The van der Waals surface area contributed by atoms with E-state index in [4.69, 9.17) is 5.73 Å². The quantitative estimate of drug-likeness (QED) is 0.268. The van der Waals surface area contributed by atoms with Gasteiger partial charge in [0.2, 0.25) is 17.7 Å². The van der Waals surface area contributed by atoms with Crippen molar-refractivity contribution in [1.82, 2.24) is 20.5 Å². The van der Waals surface area contributed by atoms with E-state index in [9.17, 15) is 29.4 Å². The van der Waals surface area contributed by atoms with Crippen LogP contribution in [0.15, 0.2) is 30.5 Å². The Balaban J connectivity index is 1.72. The fourth-order valence-electron chi connectivity index (χ4n) is 4.45. The van der Waals surface area contributed by atoms with Gasteiger partial charge in [-0.15, -0.1) is 0 Å². The summed E-state index contributed by atoms with van der Waals surface area (Å²) in [5.74, 6) is -3.15. The first kappa shape index (κ1) is 27.2. The third-order valence-electron chi connectivity index (χ3n) is 6.61. The zero-order chi connectivity index (χ0) is 26.6. The summed E-state index contributed by atoms with van der Waals surface area (Å²) in [7, 11) is 0. The highest BCUT2D eigenvalue weighted by atomic mass is 16.4. The average molecular weight is 502 g/mol. The van der Waals surface area contributed by atoms with Crippen LogP contribution in [0.1, 0.15) is 39.2 Å². The summed E-state index contributed by atoms with van der Waals surface area (Å²) in [4.78, 5) is 55.4. The van der Waals surface area contributed by atoms with Crippen LogP contribution in [0.4, 0.5) is 0 Å². The minimum Gasteiger partial charge on any atom is -0.480 e. The van der Waals surface area contributed by atoms with E-state index >= 15 is 0 Å². The molecule has 11 nitrogen and oxygen atoms in total. The maximum Gasteiger partial charge on any atom is 0.326 e. The SMILES string of the molecule is CC(C)C(NC(=O)C(N)C(C)O)C(=O)N1CCCC1C(=O)NC(Cc1c[nH]c2ccccc12)C(=O)O. The molecule has 196 valence electrons. The van der Waals surface area contributed by atoms with Crippen molar-refractivity contribution >= 4 is 34.6 Å². The van der Waals surface area contributed by atoms with Crippen molar-refractivity contribution in [1.29, 1.82) is 0 Å². The van der Waals surface area contributed by atoms with E-state index in [1.165, 1.54) is 11.8 Å². The Labute approximate surface area is 209 Å². The van der Waals surface area contributed by atoms with Gasteiger partial charge in [-0.3, -0.25) is 14.4 Å². The molecule has 2 aromatic rings. The minimum atomic E-state index is -1.20. The first-order valence-corrected chi connectivity index (χ1v) is 12.1. The number of nitrogens with zero attached hydrogens (tertiary/aromatic N) is 1. The molecule has 1 aliphatic rings. The van der Waals surface area contributed by atoms with E-state index in [1.54, 1.807) is 20.0 Å². The maximum absolute atomic E-state index is 13.4. The Hall–Kier alpha value is -3.44. The molecule has 11 heteroatoms. The number of amides is 3. The van der Waals surface area contributed by atoms with Crippen molar-refractivity contribution in [2.45, 2.75) is 70.3 Å². The number of carbonyl (C=O) groups excluding carboxylic acids is 3. The molecule has 1 saturated heterocycles. The molecule has 1 aromatic heterocycles. The van der Waals surface area contributed by atoms with Crippen molar-refractivity contribution in [3.05, 3.63) is 36.0 Å². The summed E-state index contributed by atoms with van der Waals surface area (Å²) in [6.07, 6.45) is 1.65. The Bertz CT molecular complexity index is 1110. The lowest BCUT2D eigenvalue weighted by Crippen LogP contribution is -2.59. The van der Waals surface area contributed by atoms with Crippen molar-refractivity contribution in [3.63, 3.8) is 0 Å². The van der Waals surface area contributed by atoms with Crippen LogP contribution in [0.25, 0.3) is 10.9 Å². The zero-order valence-electron chi connectivity index (χ0n) is 20.7. The predicted molar refractivity (Wildman–Crippen MR) is 133 cm³/mol. The van der Waals surface area contributed by atoms with Crippen LogP contribution >= 0.6 is 0 Å². The highest BCUT2D eigenvalue weighted by Crippen LogP contribution is 2.22. The number of aromatic nitrogens is 1. The van der Waals surface area contributed by atoms with Crippen LogP contribution in [-0.2, 0) is 25.6 Å². The molecule has 0 spiro atoms. The summed E-state index contributed by atoms with van der Waals surface area (Å²) in [5, 5.41) is 25.5. The van der Waals surface area contributed by atoms with E-state index in [2.05, 4.69) is 15.6 Å². The molecule has 0 bridgehead atoms. The second-order valence-electron chi connectivity index (χ2n) is 9.65. The average Bonchev–Trinajstić information content (AvgIpc) is 3.48. The van der Waals surface area contributed by atoms with E-state index in [-0.39, 0.29) is 12.3 Å². The number of para-hydroxylation sites is 1. The van der Waals surface area contributed by atoms with Gasteiger partial charge in [0.1, 0.15) is 24.2 Å². The van der Waals surface area contributed by atoms with E-state index in [0.29, 0.717) is 19.4 Å². The van der Waals surface area contributed by atoms with Crippen LogP contribution in [0.5, 0.6) is 0 Å². The standard InChI is InChI=1S/C25H35N5O6/c1-13(2)21(29-23(33)20(26)14(3)31)24(34)30-10-6-9-19(30)22(32)28-18(25(35)36)11-15-12-27-17-8-5-4-7-16(15)17/h4-5,7-8,12-14,18-21,27,31H,6,9-11,26H2,1-3H3,(H,28,32)(H,29,33)(H,35,36). The lowest BCUT2D eigenvalue weighted by atomic mass is 10.0. The van der Waals surface area contributed by atoms with Gasteiger partial charge in [-0.2, -0.15) is 0 Å². The maximum atomic E-state index is 13.4. The smallest absolute Gasteiger partial charge is 0.326 e. The lowest BCUT2D eigenvalue weighted by Gasteiger charge is -2.31. The highest BCUT2D eigenvalue weighted by Gasteiger charge is 2.40. The summed E-state index contributed by atoms with van der Waals surface area (Å²) in [6.45, 7) is 5.19. The second kappa shape index (κ2) is 11.5. The van der Waals surface area contributed by atoms with Gasteiger partial charge in [0.25, 0.3) is 0 Å². The number of likely N-dealkylation sites (tertiary alicyclic amines) is 1. The molecule has 1 aliphatic heterocycles. The van der Waals surface area contributed by atoms with Crippen molar-refractivity contribution in [2.75, 3.05) is 6.54 Å². The molecule has 2 heterocycles. The molecule has 3 amide bonds. The first-order chi connectivity index (χ1) is 17.0. The Morgan fingerprint density at radius 2 is 1.86 bits per heavy atom. The monoisotopic (exact) mass is 501 g/mol. The number of carboxylic acids is 1. The number of H-pyrrole nitrogens is 1. The number of fused-ring (bicyclic) bond motifs is 1. The van der Waals surface area contributed by atoms with Gasteiger partial charge in [0, 0.05) is 30.1 Å². The number of benzene rings is 1. The normalized spacial score (nSPS) is 19.1. The van der Waals surface area contributed by atoms with Crippen molar-refractivity contribution in [2.24, 2.45) is 11.7 Å². The van der Waals surface area contributed by atoms with Crippen LogP contribution in [0.2, 0.25) is 0 Å². The first-order valence-electron chi connectivity index (χ1n) is 12.1. The number of carboxylic acid groups (broad SMARTS) is 1.